The largest absolute Gasteiger partial charge is 0.490 e. The molecule has 0 bridgehead atoms. The summed E-state index contributed by atoms with van der Waals surface area (Å²) in [6, 6.07) is 1.95. The van der Waals surface area contributed by atoms with Gasteiger partial charge in [-0.2, -0.15) is 0 Å². The van der Waals surface area contributed by atoms with E-state index in [1.165, 1.54) is 0 Å². The Labute approximate surface area is 110 Å². The lowest BCUT2D eigenvalue weighted by Crippen LogP contribution is -2.24. The molecule has 1 aromatic heterocycles. The highest BCUT2D eigenvalue weighted by molar-refractivity contribution is 5.42. The van der Waals surface area contributed by atoms with E-state index in [4.69, 9.17) is 9.47 Å². The second-order valence-electron chi connectivity index (χ2n) is 6.21. The quantitative estimate of drug-likeness (QED) is 0.810. The molecule has 1 aromatic rings. The van der Waals surface area contributed by atoms with Gasteiger partial charge in [0, 0.05) is 6.20 Å². The van der Waals surface area contributed by atoms with Crippen molar-refractivity contribution in [3.63, 3.8) is 0 Å². The summed E-state index contributed by atoms with van der Waals surface area (Å²) >= 11 is 0. The van der Waals surface area contributed by atoms with Crippen molar-refractivity contribution in [2.75, 3.05) is 0 Å². The van der Waals surface area contributed by atoms with Gasteiger partial charge < -0.3 is 9.47 Å². The molecule has 18 heavy (non-hydrogen) atoms. The van der Waals surface area contributed by atoms with Gasteiger partial charge in [-0.15, -0.1) is 0 Å². The van der Waals surface area contributed by atoms with Crippen LogP contribution in [0.5, 0.6) is 11.6 Å². The highest BCUT2D eigenvalue weighted by Gasteiger charge is 2.27. The molecule has 0 unspecified atom stereocenters. The minimum atomic E-state index is -0.241. The van der Waals surface area contributed by atoms with Crippen LogP contribution in [0.15, 0.2) is 12.3 Å². The third kappa shape index (κ3) is 3.37. The number of nitrogens with zero attached hydrogens (tertiary/aromatic N) is 1. The summed E-state index contributed by atoms with van der Waals surface area (Å²) in [5, 5.41) is 0. The molecule has 1 fully saturated rings. The summed E-state index contributed by atoms with van der Waals surface area (Å²) in [6.45, 7) is 10.4. The van der Waals surface area contributed by atoms with Crippen molar-refractivity contribution in [3.05, 3.63) is 17.8 Å². The molecule has 1 saturated carbocycles. The van der Waals surface area contributed by atoms with Crippen LogP contribution in [0.2, 0.25) is 0 Å². The summed E-state index contributed by atoms with van der Waals surface area (Å²) in [6.07, 6.45) is 4.49. The molecule has 0 spiro atoms. The summed E-state index contributed by atoms with van der Waals surface area (Å²) in [4.78, 5) is 4.37. The second kappa shape index (κ2) is 4.79. The predicted octanol–water partition coefficient (Wildman–Crippen LogP) is 3.92. The van der Waals surface area contributed by atoms with Crippen LogP contribution in [0.1, 0.15) is 58.9 Å². The molecule has 0 aliphatic heterocycles. The van der Waals surface area contributed by atoms with Gasteiger partial charge in [-0.3, -0.25) is 0 Å². The first-order chi connectivity index (χ1) is 8.37. The first kappa shape index (κ1) is 13.2. The summed E-state index contributed by atoms with van der Waals surface area (Å²) in [5.74, 6) is 1.97. The van der Waals surface area contributed by atoms with Crippen molar-refractivity contribution in [2.45, 2.75) is 65.1 Å². The lowest BCUT2D eigenvalue weighted by atomic mass is 10.0. The molecule has 1 aliphatic carbocycles. The fourth-order valence-corrected chi connectivity index (χ4v) is 1.81. The van der Waals surface area contributed by atoms with E-state index in [2.05, 4.69) is 18.8 Å². The average molecular weight is 249 g/mol. The Morgan fingerprint density at radius 1 is 1.28 bits per heavy atom. The molecule has 1 aliphatic rings. The van der Waals surface area contributed by atoms with Crippen LogP contribution in [0, 0.1) is 0 Å². The van der Waals surface area contributed by atoms with Gasteiger partial charge in [0.15, 0.2) is 0 Å². The van der Waals surface area contributed by atoms with E-state index < -0.39 is 0 Å². The van der Waals surface area contributed by atoms with Crippen molar-refractivity contribution < 1.29 is 9.47 Å². The van der Waals surface area contributed by atoms with Gasteiger partial charge >= 0.3 is 0 Å². The Morgan fingerprint density at radius 3 is 2.44 bits per heavy atom. The molecule has 1 heterocycles. The molecule has 3 heteroatoms. The molecule has 0 radical (unpaired) electrons. The van der Waals surface area contributed by atoms with Crippen LogP contribution < -0.4 is 9.47 Å². The Bertz CT molecular complexity index is 417. The number of pyridine rings is 1. The van der Waals surface area contributed by atoms with Crippen molar-refractivity contribution in [3.8, 4) is 11.6 Å². The Kier molecular flexibility index (Phi) is 3.51. The van der Waals surface area contributed by atoms with E-state index in [1.807, 2.05) is 26.8 Å². The maximum atomic E-state index is 5.95. The molecule has 100 valence electrons. The Hall–Kier alpha value is -1.25. The van der Waals surface area contributed by atoms with Crippen molar-refractivity contribution in [2.24, 2.45) is 0 Å². The molecule has 3 nitrogen and oxygen atoms in total. The number of rotatable bonds is 4. The van der Waals surface area contributed by atoms with Gasteiger partial charge in [-0.1, -0.05) is 13.8 Å². The van der Waals surface area contributed by atoms with E-state index in [1.54, 1.807) is 6.20 Å². The molecule has 0 atom stereocenters. The summed E-state index contributed by atoms with van der Waals surface area (Å²) < 4.78 is 11.9. The standard InChI is InChI=1S/C15H23NO2/c1-10(2)13-12(17-11-6-7-11)8-9-16-14(13)18-15(3,4)5/h8-11H,6-7H2,1-5H3. The van der Waals surface area contributed by atoms with Gasteiger partial charge in [0.1, 0.15) is 11.4 Å². The van der Waals surface area contributed by atoms with Crippen LogP contribution in [0.4, 0.5) is 0 Å². The molecule has 0 amide bonds. The number of hydrogen-bond donors (Lipinski definition) is 0. The third-order valence-electron chi connectivity index (χ3n) is 2.71. The number of ether oxygens (including phenoxy) is 2. The lowest BCUT2D eigenvalue weighted by Gasteiger charge is -2.24. The zero-order valence-corrected chi connectivity index (χ0v) is 12.0. The van der Waals surface area contributed by atoms with Crippen LogP contribution >= 0.6 is 0 Å². The highest BCUT2D eigenvalue weighted by atomic mass is 16.5. The maximum absolute atomic E-state index is 5.95. The van der Waals surface area contributed by atoms with Crippen LogP contribution in [-0.4, -0.2) is 16.7 Å². The van der Waals surface area contributed by atoms with Gasteiger partial charge in [-0.25, -0.2) is 4.98 Å². The number of aromatic nitrogens is 1. The molecule has 0 aromatic carbocycles. The average Bonchev–Trinajstić information content (AvgIpc) is 2.98. The fourth-order valence-electron chi connectivity index (χ4n) is 1.81. The summed E-state index contributed by atoms with van der Waals surface area (Å²) in [7, 11) is 0. The Balaban J connectivity index is 2.31. The SMILES string of the molecule is CC(C)c1c(OC2CC2)ccnc1OC(C)(C)C. The van der Waals surface area contributed by atoms with Gasteiger partial charge in [0.25, 0.3) is 0 Å². The summed E-state index contributed by atoms with van der Waals surface area (Å²) in [5.41, 5.74) is 0.841. The maximum Gasteiger partial charge on any atom is 0.221 e. The third-order valence-corrected chi connectivity index (χ3v) is 2.71. The van der Waals surface area contributed by atoms with Crippen LogP contribution in [0.3, 0.4) is 0 Å². The van der Waals surface area contributed by atoms with E-state index in [-0.39, 0.29) is 5.60 Å². The lowest BCUT2D eigenvalue weighted by molar-refractivity contribution is 0.121. The van der Waals surface area contributed by atoms with Crippen molar-refractivity contribution in [1.82, 2.24) is 4.98 Å². The topological polar surface area (TPSA) is 31.4 Å². The Morgan fingerprint density at radius 2 is 1.94 bits per heavy atom. The van der Waals surface area contributed by atoms with E-state index >= 15 is 0 Å². The fraction of sp³-hybridized carbons (Fsp3) is 0.667. The van der Waals surface area contributed by atoms with Gasteiger partial charge in [0.2, 0.25) is 5.88 Å². The minimum Gasteiger partial charge on any atom is -0.490 e. The molecular weight excluding hydrogens is 226 g/mol. The molecule has 0 saturated heterocycles. The smallest absolute Gasteiger partial charge is 0.221 e. The second-order valence-corrected chi connectivity index (χ2v) is 6.21. The van der Waals surface area contributed by atoms with E-state index in [0.29, 0.717) is 17.9 Å². The first-order valence-corrected chi connectivity index (χ1v) is 6.71. The monoisotopic (exact) mass is 249 g/mol. The first-order valence-electron chi connectivity index (χ1n) is 6.71. The molecular formula is C15H23NO2. The normalized spacial score (nSPS) is 15.9. The van der Waals surface area contributed by atoms with E-state index in [9.17, 15) is 0 Å². The van der Waals surface area contributed by atoms with Crippen molar-refractivity contribution in [1.29, 1.82) is 0 Å². The molecule has 0 N–H and O–H groups in total. The molecule has 2 rings (SSSR count). The van der Waals surface area contributed by atoms with Gasteiger partial charge in [-0.05, 0) is 45.6 Å². The van der Waals surface area contributed by atoms with Gasteiger partial charge in [0.05, 0.1) is 11.7 Å². The number of hydrogen-bond acceptors (Lipinski definition) is 3. The van der Waals surface area contributed by atoms with Crippen LogP contribution in [-0.2, 0) is 0 Å². The zero-order chi connectivity index (χ0) is 13.3. The zero-order valence-electron chi connectivity index (χ0n) is 12.0. The minimum absolute atomic E-state index is 0.241. The van der Waals surface area contributed by atoms with Crippen molar-refractivity contribution >= 4 is 0 Å². The van der Waals surface area contributed by atoms with Crippen LogP contribution in [0.25, 0.3) is 0 Å². The highest BCUT2D eigenvalue weighted by Crippen LogP contribution is 2.37. The predicted molar refractivity (Wildman–Crippen MR) is 72.4 cm³/mol. The van der Waals surface area contributed by atoms with E-state index in [0.717, 1.165) is 24.2 Å².